The number of imidazole rings is 1. The van der Waals surface area contributed by atoms with E-state index in [-0.39, 0.29) is 36.3 Å². The fraction of sp³-hybridized carbons (Fsp3) is 0.227. The number of hydrogen-bond donors (Lipinski definition) is 3. The Balaban J connectivity index is 1.83. The number of amides is 2. The average Bonchev–Trinajstić information content (AvgIpc) is 3.39. The monoisotopic (exact) mass is 459 g/mol. The van der Waals surface area contributed by atoms with Crippen LogP contribution < -0.4 is 15.4 Å². The van der Waals surface area contributed by atoms with E-state index < -0.39 is 17.8 Å². The Morgan fingerprint density at radius 2 is 2.06 bits per heavy atom. The van der Waals surface area contributed by atoms with Gasteiger partial charge in [0.25, 0.3) is 0 Å². The summed E-state index contributed by atoms with van der Waals surface area (Å²) in [5.74, 6) is 4.53. The van der Waals surface area contributed by atoms with Gasteiger partial charge in [-0.2, -0.15) is 13.2 Å². The molecule has 0 aliphatic heterocycles. The largest absolute Gasteiger partial charge is 0.490 e. The Labute approximate surface area is 187 Å². The molecule has 0 fully saturated rings. The predicted molar refractivity (Wildman–Crippen MR) is 114 cm³/mol. The molecule has 8 nitrogen and oxygen atoms in total. The molecule has 3 aromatic rings. The lowest BCUT2D eigenvalue weighted by molar-refractivity contribution is -0.140. The van der Waals surface area contributed by atoms with Gasteiger partial charge in [-0.25, -0.2) is 4.98 Å². The van der Waals surface area contributed by atoms with Crippen LogP contribution in [0, 0.1) is 11.8 Å². The van der Waals surface area contributed by atoms with Gasteiger partial charge in [0.05, 0.1) is 18.4 Å². The average molecular weight is 459 g/mol. The zero-order valence-electron chi connectivity index (χ0n) is 17.7. The molecule has 0 saturated heterocycles. The van der Waals surface area contributed by atoms with Crippen molar-refractivity contribution >= 4 is 17.5 Å². The predicted octanol–water partition coefficient (Wildman–Crippen LogP) is 2.94. The number of aromatic nitrogens is 3. The Bertz CT molecular complexity index is 1220. The number of alkyl halides is 3. The third-order valence-corrected chi connectivity index (χ3v) is 4.27. The van der Waals surface area contributed by atoms with Crippen LogP contribution >= 0.6 is 0 Å². The minimum absolute atomic E-state index is 0.0296. The lowest BCUT2D eigenvalue weighted by atomic mass is 10.1. The van der Waals surface area contributed by atoms with Crippen LogP contribution in [-0.2, 0) is 22.8 Å². The molecule has 0 spiro atoms. The summed E-state index contributed by atoms with van der Waals surface area (Å²) in [5.41, 5.74) is 0.134. The lowest BCUT2D eigenvalue weighted by Gasteiger charge is -2.13. The summed E-state index contributed by atoms with van der Waals surface area (Å²) in [7, 11) is 1.82. The van der Waals surface area contributed by atoms with Crippen LogP contribution in [0.3, 0.4) is 0 Å². The summed E-state index contributed by atoms with van der Waals surface area (Å²) in [6, 6.07) is 6.15. The Kier molecular flexibility index (Phi) is 7.07. The van der Waals surface area contributed by atoms with Gasteiger partial charge in [-0.15, -0.1) is 0 Å². The fourth-order valence-corrected chi connectivity index (χ4v) is 2.76. The van der Waals surface area contributed by atoms with Crippen molar-refractivity contribution in [2.24, 2.45) is 7.05 Å². The highest BCUT2D eigenvalue weighted by molar-refractivity contribution is 6.05. The van der Waals surface area contributed by atoms with E-state index in [9.17, 15) is 22.8 Å². The molecule has 1 aromatic carbocycles. The van der Waals surface area contributed by atoms with Crippen LogP contribution in [0.4, 0.5) is 18.9 Å². The van der Waals surface area contributed by atoms with Crippen molar-refractivity contribution in [1.82, 2.24) is 19.9 Å². The number of benzene rings is 1. The maximum absolute atomic E-state index is 12.9. The topological polar surface area (TPSA) is 101 Å². The summed E-state index contributed by atoms with van der Waals surface area (Å²) in [4.78, 5) is 29.4. The number of halogens is 3. The van der Waals surface area contributed by atoms with E-state index in [0.717, 1.165) is 0 Å². The van der Waals surface area contributed by atoms with Crippen molar-refractivity contribution in [2.45, 2.75) is 13.1 Å². The van der Waals surface area contributed by atoms with Gasteiger partial charge in [0.2, 0.25) is 5.91 Å². The highest BCUT2D eigenvalue weighted by Gasteiger charge is 2.33. The minimum Gasteiger partial charge on any atom is -0.490 e. The fourth-order valence-electron chi connectivity index (χ4n) is 2.76. The molecule has 2 amide bonds. The number of aromatic amines is 1. The van der Waals surface area contributed by atoms with Crippen LogP contribution in [0.5, 0.6) is 5.75 Å². The van der Waals surface area contributed by atoms with Crippen LogP contribution in [0.25, 0.3) is 11.4 Å². The number of ether oxygens (including phenoxy) is 1. The van der Waals surface area contributed by atoms with Gasteiger partial charge in [0, 0.05) is 43.4 Å². The highest BCUT2D eigenvalue weighted by Crippen LogP contribution is 2.32. The van der Waals surface area contributed by atoms with Crippen LogP contribution in [0.1, 0.15) is 18.2 Å². The summed E-state index contributed by atoms with van der Waals surface area (Å²) < 4.78 is 46.1. The molecule has 0 bridgehead atoms. The Morgan fingerprint density at radius 1 is 1.27 bits per heavy atom. The molecular formula is C22H20F3N5O3. The molecular weight excluding hydrogens is 439 g/mol. The van der Waals surface area contributed by atoms with Gasteiger partial charge in [0.15, 0.2) is 0 Å². The zero-order valence-corrected chi connectivity index (χ0v) is 17.7. The van der Waals surface area contributed by atoms with E-state index in [1.807, 2.05) is 7.05 Å². The third-order valence-electron chi connectivity index (χ3n) is 4.27. The molecule has 0 atom stereocenters. The van der Waals surface area contributed by atoms with E-state index in [1.54, 1.807) is 23.0 Å². The van der Waals surface area contributed by atoms with E-state index in [0.29, 0.717) is 17.3 Å². The summed E-state index contributed by atoms with van der Waals surface area (Å²) in [6.07, 6.45) is -0.351. The molecule has 172 valence electrons. The SMILES string of the molecule is CC(=O)NCCOc1ccc(-c2ncc(C(F)(F)F)[nH]2)cc1NC(=O)C#Cc1ccn(C)c1. The van der Waals surface area contributed by atoms with E-state index in [2.05, 4.69) is 32.4 Å². The first kappa shape index (κ1) is 23.5. The lowest BCUT2D eigenvalue weighted by Crippen LogP contribution is -2.25. The van der Waals surface area contributed by atoms with Crippen molar-refractivity contribution in [1.29, 1.82) is 0 Å². The summed E-state index contributed by atoms with van der Waals surface area (Å²) in [6.45, 7) is 1.70. The van der Waals surface area contributed by atoms with Crippen LogP contribution in [-0.4, -0.2) is 39.5 Å². The van der Waals surface area contributed by atoms with Gasteiger partial charge in [-0.05, 0) is 24.3 Å². The molecule has 2 heterocycles. The number of hydrogen-bond acceptors (Lipinski definition) is 4. The second-order valence-corrected chi connectivity index (χ2v) is 6.96. The van der Waals surface area contributed by atoms with Crippen molar-refractivity contribution < 1.29 is 27.5 Å². The second-order valence-electron chi connectivity index (χ2n) is 6.96. The van der Waals surface area contributed by atoms with E-state index >= 15 is 0 Å². The molecule has 0 aliphatic rings. The minimum atomic E-state index is -4.57. The molecule has 3 N–H and O–H groups in total. The first-order valence-electron chi connectivity index (χ1n) is 9.70. The van der Waals surface area contributed by atoms with Crippen molar-refractivity contribution in [2.75, 3.05) is 18.5 Å². The van der Waals surface area contributed by atoms with Gasteiger partial charge in [-0.1, -0.05) is 5.92 Å². The normalized spacial score (nSPS) is 10.8. The van der Waals surface area contributed by atoms with E-state index in [4.69, 9.17) is 4.74 Å². The molecule has 0 saturated carbocycles. The Hall–Kier alpha value is -4.20. The standard InChI is InChI=1S/C22H20F3N5O3/c1-14(31)26-8-10-33-18-5-4-16(21-27-12-19(29-21)22(23,24)25)11-17(18)28-20(32)6-3-15-7-9-30(2)13-15/h4-5,7,9,11-13H,8,10H2,1-2H3,(H,26,31)(H,27,29)(H,28,32). The molecule has 33 heavy (non-hydrogen) atoms. The Morgan fingerprint density at radius 3 is 2.70 bits per heavy atom. The number of carbonyl (C=O) groups excluding carboxylic acids is 2. The van der Waals surface area contributed by atoms with Gasteiger partial charge in [-0.3, -0.25) is 9.59 Å². The number of nitrogens with zero attached hydrogens (tertiary/aromatic N) is 2. The van der Waals surface area contributed by atoms with Gasteiger partial charge >= 0.3 is 12.1 Å². The first-order chi connectivity index (χ1) is 15.6. The second kappa shape index (κ2) is 9.95. The molecule has 3 rings (SSSR count). The number of carbonyl (C=O) groups is 2. The smallest absolute Gasteiger partial charge is 0.432 e. The number of rotatable bonds is 6. The van der Waals surface area contributed by atoms with Crippen LogP contribution in [0.15, 0.2) is 42.9 Å². The first-order valence-corrected chi connectivity index (χ1v) is 9.70. The number of H-pyrrole nitrogens is 1. The van der Waals surface area contributed by atoms with Crippen molar-refractivity contribution in [3.8, 4) is 29.0 Å². The molecule has 0 aliphatic carbocycles. The third kappa shape index (κ3) is 6.64. The highest BCUT2D eigenvalue weighted by atomic mass is 19.4. The molecule has 11 heteroatoms. The van der Waals surface area contributed by atoms with Crippen molar-refractivity contribution in [3.63, 3.8) is 0 Å². The quantitative estimate of drug-likeness (QED) is 0.390. The molecule has 0 unspecified atom stereocenters. The maximum Gasteiger partial charge on any atom is 0.432 e. The number of aryl methyl sites for hydroxylation is 1. The number of nitrogens with one attached hydrogen (secondary N) is 3. The molecule has 2 aromatic heterocycles. The van der Waals surface area contributed by atoms with Crippen molar-refractivity contribution in [3.05, 3.63) is 54.1 Å². The van der Waals surface area contributed by atoms with Gasteiger partial charge < -0.3 is 24.9 Å². The zero-order chi connectivity index (χ0) is 24.0. The van der Waals surface area contributed by atoms with Gasteiger partial charge in [0.1, 0.15) is 23.9 Å². The van der Waals surface area contributed by atoms with Crippen LogP contribution in [0.2, 0.25) is 0 Å². The number of anilines is 1. The maximum atomic E-state index is 12.9. The summed E-state index contributed by atoms with van der Waals surface area (Å²) >= 11 is 0. The van der Waals surface area contributed by atoms with E-state index in [1.165, 1.54) is 25.1 Å². The summed E-state index contributed by atoms with van der Waals surface area (Å²) in [5, 5.41) is 5.16. The molecule has 0 radical (unpaired) electrons.